The lowest BCUT2D eigenvalue weighted by molar-refractivity contribution is -0.199. The first-order valence-corrected chi connectivity index (χ1v) is 15.7. The fourth-order valence-corrected chi connectivity index (χ4v) is 7.72. The first kappa shape index (κ1) is 29.9. The maximum atomic E-state index is 13.8. The summed E-state index contributed by atoms with van der Waals surface area (Å²) in [7, 11) is -0.570. The molecule has 1 aliphatic heterocycles. The van der Waals surface area contributed by atoms with E-state index in [4.69, 9.17) is 20.9 Å². The molecule has 3 unspecified atom stereocenters. The Kier molecular flexibility index (Phi) is 8.18. The van der Waals surface area contributed by atoms with Crippen molar-refractivity contribution in [1.82, 2.24) is 10.6 Å². The number of carbonyl (C=O) groups excluding carboxylic acids is 2. The third-order valence-electron chi connectivity index (χ3n) is 10.2. The molecule has 3 aliphatic carbocycles. The van der Waals surface area contributed by atoms with E-state index in [0.717, 1.165) is 24.0 Å². The first-order chi connectivity index (χ1) is 20.5. The molecule has 0 radical (unpaired) electrons. The molecule has 3 aromatic rings. The molecule has 8 heteroatoms. The number of nitrogens with one attached hydrogen (secondary N) is 2. The fraction of sp³-hybridized carbons (Fsp3) is 0.429. The molecule has 0 spiro atoms. The van der Waals surface area contributed by atoms with Crippen molar-refractivity contribution < 1.29 is 18.9 Å². The van der Waals surface area contributed by atoms with Crippen LogP contribution in [0.1, 0.15) is 73.1 Å². The van der Waals surface area contributed by atoms with Crippen molar-refractivity contribution in [2.24, 2.45) is 17.3 Å². The van der Waals surface area contributed by atoms with Crippen LogP contribution in [0.3, 0.4) is 0 Å². The van der Waals surface area contributed by atoms with Gasteiger partial charge in [0.05, 0.1) is 30.1 Å². The van der Waals surface area contributed by atoms with Crippen LogP contribution in [0.15, 0.2) is 78.9 Å². The van der Waals surface area contributed by atoms with E-state index in [1.165, 1.54) is 5.56 Å². The first-order valence-electron chi connectivity index (χ1n) is 15.3. The molecule has 2 bridgehead atoms. The highest BCUT2D eigenvalue weighted by Gasteiger charge is 2.68. The molecule has 3 saturated carbocycles. The van der Waals surface area contributed by atoms with Gasteiger partial charge in [0.15, 0.2) is 0 Å². The van der Waals surface area contributed by atoms with Crippen LogP contribution in [-0.2, 0) is 20.5 Å². The van der Waals surface area contributed by atoms with E-state index in [2.05, 4.69) is 62.6 Å². The highest BCUT2D eigenvalue weighted by molar-refractivity contribution is 6.48. The fourth-order valence-electron chi connectivity index (χ4n) is 7.52. The SMILES string of the molecule is Cc1ccc(C[C@H](NC(=O)CC(NC(=O)c2ccccc2)c2cccc(Cl)c2)B2O[C@@H]3CC4CC(C4(C)C)[C@]3(C)O2)cc1. The number of amides is 2. The Morgan fingerprint density at radius 2 is 1.72 bits per heavy atom. The van der Waals surface area contributed by atoms with Crippen LogP contribution in [0.25, 0.3) is 0 Å². The molecule has 3 aromatic carbocycles. The summed E-state index contributed by atoms with van der Waals surface area (Å²) in [5.41, 5.74) is 3.40. The molecule has 4 aliphatic rings. The van der Waals surface area contributed by atoms with Crippen molar-refractivity contribution in [3.8, 4) is 0 Å². The zero-order valence-electron chi connectivity index (χ0n) is 25.3. The van der Waals surface area contributed by atoms with Gasteiger partial charge in [0.1, 0.15) is 0 Å². The number of carbonyl (C=O) groups is 2. The van der Waals surface area contributed by atoms with Crippen LogP contribution < -0.4 is 10.6 Å². The average molecular weight is 599 g/mol. The van der Waals surface area contributed by atoms with E-state index >= 15 is 0 Å². The predicted molar refractivity (Wildman–Crippen MR) is 170 cm³/mol. The number of rotatable bonds is 9. The van der Waals surface area contributed by atoms with Crippen LogP contribution in [-0.4, -0.2) is 36.6 Å². The van der Waals surface area contributed by atoms with E-state index in [1.54, 1.807) is 24.3 Å². The third kappa shape index (κ3) is 6.00. The van der Waals surface area contributed by atoms with Crippen molar-refractivity contribution >= 4 is 30.5 Å². The smallest absolute Gasteiger partial charge is 0.404 e. The van der Waals surface area contributed by atoms with Gasteiger partial charge < -0.3 is 19.9 Å². The number of hydrogen-bond donors (Lipinski definition) is 2. The van der Waals surface area contributed by atoms with Crippen LogP contribution in [0.4, 0.5) is 0 Å². The molecular weight excluding hydrogens is 559 g/mol. The van der Waals surface area contributed by atoms with Gasteiger partial charge in [-0.15, -0.1) is 0 Å². The van der Waals surface area contributed by atoms with Crippen LogP contribution in [0.5, 0.6) is 0 Å². The van der Waals surface area contributed by atoms with Gasteiger partial charge in [0, 0.05) is 10.6 Å². The minimum atomic E-state index is -0.579. The molecule has 43 heavy (non-hydrogen) atoms. The molecule has 6 nitrogen and oxygen atoms in total. The number of halogens is 1. The molecule has 1 heterocycles. The van der Waals surface area contributed by atoms with E-state index in [1.807, 2.05) is 30.3 Å². The van der Waals surface area contributed by atoms with Crippen molar-refractivity contribution in [3.63, 3.8) is 0 Å². The summed E-state index contributed by atoms with van der Waals surface area (Å²) in [6.45, 7) is 8.94. The van der Waals surface area contributed by atoms with Crippen LogP contribution >= 0.6 is 11.6 Å². The number of hydrogen-bond acceptors (Lipinski definition) is 4. The van der Waals surface area contributed by atoms with Gasteiger partial charge >= 0.3 is 7.12 Å². The topological polar surface area (TPSA) is 76.7 Å². The Bertz CT molecular complexity index is 1480. The van der Waals surface area contributed by atoms with E-state index in [-0.39, 0.29) is 35.4 Å². The molecular formula is C35H40BClN2O4. The Hall–Kier alpha value is -3.13. The zero-order valence-corrected chi connectivity index (χ0v) is 26.1. The van der Waals surface area contributed by atoms with Gasteiger partial charge in [-0.1, -0.05) is 85.6 Å². The zero-order chi connectivity index (χ0) is 30.4. The van der Waals surface area contributed by atoms with Gasteiger partial charge in [-0.3, -0.25) is 9.59 Å². The monoisotopic (exact) mass is 598 g/mol. The quantitative estimate of drug-likeness (QED) is 0.276. The van der Waals surface area contributed by atoms with E-state index < -0.39 is 19.1 Å². The van der Waals surface area contributed by atoms with Gasteiger partial charge in [-0.05, 0) is 85.8 Å². The highest BCUT2D eigenvalue weighted by atomic mass is 35.5. The molecule has 6 atom stereocenters. The highest BCUT2D eigenvalue weighted by Crippen LogP contribution is 2.65. The summed E-state index contributed by atoms with van der Waals surface area (Å²) in [6, 6.07) is 24.0. The second-order valence-electron chi connectivity index (χ2n) is 13.4. The summed E-state index contributed by atoms with van der Waals surface area (Å²) in [6.07, 6.45) is 2.75. The molecule has 0 aromatic heterocycles. The second kappa shape index (κ2) is 11.8. The maximum Gasteiger partial charge on any atom is 0.482 e. The molecule has 2 amide bonds. The molecule has 2 N–H and O–H groups in total. The van der Waals surface area contributed by atoms with Crippen molar-refractivity contribution in [2.75, 3.05) is 0 Å². The van der Waals surface area contributed by atoms with Gasteiger partial charge in [-0.25, -0.2) is 0 Å². The van der Waals surface area contributed by atoms with Crippen molar-refractivity contribution in [3.05, 3.63) is 106 Å². The minimum absolute atomic E-state index is 0.0102. The van der Waals surface area contributed by atoms with Gasteiger partial charge in [0.25, 0.3) is 5.91 Å². The largest absolute Gasteiger partial charge is 0.482 e. The van der Waals surface area contributed by atoms with Crippen LogP contribution in [0, 0.1) is 24.2 Å². The maximum absolute atomic E-state index is 13.8. The van der Waals surface area contributed by atoms with Crippen molar-refractivity contribution in [1.29, 1.82) is 0 Å². The molecule has 7 rings (SSSR count). The van der Waals surface area contributed by atoms with Crippen molar-refractivity contribution in [2.45, 2.75) is 77.1 Å². The Labute approximate surface area is 260 Å². The summed E-state index contributed by atoms with van der Waals surface area (Å²) in [5.74, 6) is 0.199. The van der Waals surface area contributed by atoms with Gasteiger partial charge in [0.2, 0.25) is 5.91 Å². The molecule has 4 fully saturated rings. The normalized spacial score (nSPS) is 26.5. The summed E-state index contributed by atoms with van der Waals surface area (Å²) < 4.78 is 13.4. The third-order valence-corrected chi connectivity index (χ3v) is 10.4. The lowest BCUT2D eigenvalue weighted by Gasteiger charge is -2.64. The molecule has 224 valence electrons. The second-order valence-corrected chi connectivity index (χ2v) is 13.8. The van der Waals surface area contributed by atoms with E-state index in [9.17, 15) is 9.59 Å². The predicted octanol–water partition coefficient (Wildman–Crippen LogP) is 6.50. The van der Waals surface area contributed by atoms with Crippen LogP contribution in [0.2, 0.25) is 5.02 Å². The Morgan fingerprint density at radius 1 is 0.977 bits per heavy atom. The lowest BCUT2D eigenvalue weighted by atomic mass is 9.43. The lowest BCUT2D eigenvalue weighted by Crippen LogP contribution is -2.65. The van der Waals surface area contributed by atoms with Gasteiger partial charge in [-0.2, -0.15) is 0 Å². The summed E-state index contributed by atoms with van der Waals surface area (Å²) >= 11 is 6.31. The number of benzene rings is 3. The number of aryl methyl sites for hydroxylation is 1. The Morgan fingerprint density at radius 3 is 2.42 bits per heavy atom. The summed E-state index contributed by atoms with van der Waals surface area (Å²) in [5, 5.41) is 6.85. The standard InChI is InChI=1S/C35H40BClN2O4/c1-22-13-15-23(16-14-22)17-31(36-42-30-20-26-19-29(34(26,2)3)35(30,4)43-36)39-32(40)21-28(25-11-8-12-27(37)18-25)38-33(41)24-9-6-5-7-10-24/h5-16,18,26,28-31H,17,19-21H2,1-4H3,(H,38,41)(H,39,40)/t26?,28?,29?,30-,31+,35+/m1/s1. The Balaban J connectivity index is 1.22. The average Bonchev–Trinajstić information content (AvgIpc) is 3.35. The van der Waals surface area contributed by atoms with E-state index in [0.29, 0.717) is 28.8 Å². The molecule has 1 saturated heterocycles. The minimum Gasteiger partial charge on any atom is -0.404 e. The summed E-state index contributed by atoms with van der Waals surface area (Å²) in [4.78, 5) is 27.0.